The molecule has 4 nitrogen and oxygen atoms in total. The van der Waals surface area contributed by atoms with E-state index in [9.17, 15) is 4.79 Å². The molecule has 1 unspecified atom stereocenters. The van der Waals surface area contributed by atoms with E-state index in [0.29, 0.717) is 0 Å². The number of aliphatic carboxylic acids is 1. The van der Waals surface area contributed by atoms with Gasteiger partial charge in [0.15, 0.2) is 6.10 Å². The van der Waals surface area contributed by atoms with Crippen LogP contribution in [0.2, 0.25) is 0 Å². The summed E-state index contributed by atoms with van der Waals surface area (Å²) < 4.78 is 5.11. The first-order chi connectivity index (χ1) is 6.50. The van der Waals surface area contributed by atoms with Gasteiger partial charge in [-0.25, -0.2) is 9.78 Å². The van der Waals surface area contributed by atoms with Crippen molar-refractivity contribution in [2.45, 2.75) is 33.5 Å². The lowest BCUT2D eigenvalue weighted by Gasteiger charge is -2.05. The molecule has 0 aliphatic rings. The zero-order valence-corrected chi connectivity index (χ0v) is 9.22. The molecule has 78 valence electrons. The fourth-order valence-electron chi connectivity index (χ4n) is 0.868. The minimum atomic E-state index is -0.949. The molecule has 5 heteroatoms. The van der Waals surface area contributed by atoms with E-state index in [0.717, 1.165) is 15.6 Å². The molecule has 1 atom stereocenters. The molecule has 0 saturated heterocycles. The van der Waals surface area contributed by atoms with Crippen molar-refractivity contribution >= 4 is 17.3 Å². The topological polar surface area (TPSA) is 59.4 Å². The number of hydrogen-bond acceptors (Lipinski definition) is 4. The van der Waals surface area contributed by atoms with Gasteiger partial charge >= 0.3 is 5.97 Å². The first-order valence-corrected chi connectivity index (χ1v) is 5.09. The van der Waals surface area contributed by atoms with Crippen LogP contribution in [0.5, 0.6) is 0 Å². The SMILES string of the molecule is Cc1nc(COC(C)C(=O)O)sc1C. The molecule has 0 fully saturated rings. The highest BCUT2D eigenvalue weighted by atomic mass is 32.1. The monoisotopic (exact) mass is 215 g/mol. The highest BCUT2D eigenvalue weighted by molar-refractivity contribution is 7.11. The number of rotatable bonds is 4. The van der Waals surface area contributed by atoms with Crippen LogP contribution in [0.15, 0.2) is 0 Å². The maximum atomic E-state index is 10.5. The fraction of sp³-hybridized carbons (Fsp3) is 0.556. The lowest BCUT2D eigenvalue weighted by atomic mass is 10.4. The van der Waals surface area contributed by atoms with Gasteiger partial charge < -0.3 is 9.84 Å². The summed E-state index contributed by atoms with van der Waals surface area (Å²) >= 11 is 1.54. The van der Waals surface area contributed by atoms with Crippen LogP contribution in [0, 0.1) is 13.8 Å². The molecule has 1 heterocycles. The van der Waals surface area contributed by atoms with E-state index in [1.54, 1.807) is 0 Å². The Hall–Kier alpha value is -0.940. The third kappa shape index (κ3) is 2.78. The lowest BCUT2D eigenvalue weighted by molar-refractivity contribution is -0.149. The van der Waals surface area contributed by atoms with Crippen molar-refractivity contribution in [3.05, 3.63) is 15.6 Å². The molecule has 0 aliphatic carbocycles. The Balaban J connectivity index is 2.50. The summed E-state index contributed by atoms with van der Waals surface area (Å²) in [5, 5.41) is 9.40. The van der Waals surface area contributed by atoms with E-state index < -0.39 is 12.1 Å². The summed E-state index contributed by atoms with van der Waals surface area (Å²) in [6.45, 7) is 5.69. The average molecular weight is 215 g/mol. The van der Waals surface area contributed by atoms with Crippen LogP contribution in [0.4, 0.5) is 0 Å². The Morgan fingerprint density at radius 1 is 1.64 bits per heavy atom. The number of aromatic nitrogens is 1. The zero-order chi connectivity index (χ0) is 10.7. The number of carboxylic acids is 1. The molecular formula is C9H13NO3S. The van der Waals surface area contributed by atoms with Gasteiger partial charge in [-0.1, -0.05) is 0 Å². The van der Waals surface area contributed by atoms with Gasteiger partial charge in [0.05, 0.1) is 12.3 Å². The van der Waals surface area contributed by atoms with Crippen molar-refractivity contribution in [3.63, 3.8) is 0 Å². The van der Waals surface area contributed by atoms with Crippen LogP contribution in [0.3, 0.4) is 0 Å². The first kappa shape index (κ1) is 11.1. The molecule has 0 aromatic carbocycles. The molecule has 0 saturated carbocycles. The summed E-state index contributed by atoms with van der Waals surface area (Å²) in [6, 6.07) is 0. The number of carboxylic acid groups (broad SMARTS) is 1. The molecule has 1 aromatic heterocycles. The van der Waals surface area contributed by atoms with Crippen LogP contribution < -0.4 is 0 Å². The van der Waals surface area contributed by atoms with Crippen molar-refractivity contribution in [3.8, 4) is 0 Å². The van der Waals surface area contributed by atoms with E-state index in [1.807, 2.05) is 13.8 Å². The number of ether oxygens (including phenoxy) is 1. The van der Waals surface area contributed by atoms with Crippen LogP contribution in [0.1, 0.15) is 22.5 Å². The largest absolute Gasteiger partial charge is 0.479 e. The van der Waals surface area contributed by atoms with Crippen molar-refractivity contribution < 1.29 is 14.6 Å². The Bertz CT molecular complexity index is 315. The predicted molar refractivity (Wildman–Crippen MR) is 53.5 cm³/mol. The van der Waals surface area contributed by atoms with Gasteiger partial charge in [-0.15, -0.1) is 11.3 Å². The number of aryl methyl sites for hydroxylation is 2. The van der Waals surface area contributed by atoms with E-state index in [1.165, 1.54) is 18.3 Å². The molecule has 0 aliphatic heterocycles. The lowest BCUT2D eigenvalue weighted by Crippen LogP contribution is -2.19. The number of hydrogen-bond donors (Lipinski definition) is 1. The molecule has 1 N–H and O–H groups in total. The fourth-order valence-corrected chi connectivity index (χ4v) is 1.72. The summed E-state index contributed by atoms with van der Waals surface area (Å²) in [6.07, 6.45) is -0.778. The molecule has 0 bridgehead atoms. The predicted octanol–water partition coefficient (Wildman–Crippen LogP) is 1.75. The number of carbonyl (C=O) groups is 1. The van der Waals surface area contributed by atoms with Gasteiger partial charge in [0.25, 0.3) is 0 Å². The number of thiazole rings is 1. The normalized spacial score (nSPS) is 12.8. The van der Waals surface area contributed by atoms with Crippen LogP contribution in [0.25, 0.3) is 0 Å². The second kappa shape index (κ2) is 4.52. The van der Waals surface area contributed by atoms with E-state index >= 15 is 0 Å². The van der Waals surface area contributed by atoms with Gasteiger partial charge in [-0.3, -0.25) is 0 Å². The quantitative estimate of drug-likeness (QED) is 0.831. The molecular weight excluding hydrogens is 202 g/mol. The Morgan fingerprint density at radius 3 is 2.71 bits per heavy atom. The third-order valence-electron chi connectivity index (χ3n) is 1.88. The Morgan fingerprint density at radius 2 is 2.29 bits per heavy atom. The summed E-state index contributed by atoms with van der Waals surface area (Å²) in [5.41, 5.74) is 0.983. The first-order valence-electron chi connectivity index (χ1n) is 4.28. The van der Waals surface area contributed by atoms with Gasteiger partial charge in [0.1, 0.15) is 5.01 Å². The van der Waals surface area contributed by atoms with Gasteiger partial charge in [0.2, 0.25) is 0 Å². The van der Waals surface area contributed by atoms with Crippen molar-refractivity contribution in [1.82, 2.24) is 4.98 Å². The van der Waals surface area contributed by atoms with Crippen molar-refractivity contribution in [1.29, 1.82) is 0 Å². The Labute approximate surface area is 86.6 Å². The summed E-state index contributed by atoms with van der Waals surface area (Å²) in [4.78, 5) is 15.8. The summed E-state index contributed by atoms with van der Waals surface area (Å²) in [5.74, 6) is -0.949. The molecule has 0 radical (unpaired) electrons. The standard InChI is InChI=1S/C9H13NO3S/c1-5-7(3)14-8(10-5)4-13-6(2)9(11)12/h6H,4H2,1-3H3,(H,11,12). The summed E-state index contributed by atoms with van der Waals surface area (Å²) in [7, 11) is 0. The van der Waals surface area contributed by atoms with Gasteiger partial charge in [-0.2, -0.15) is 0 Å². The van der Waals surface area contributed by atoms with E-state index in [-0.39, 0.29) is 6.61 Å². The van der Waals surface area contributed by atoms with Gasteiger partial charge in [-0.05, 0) is 20.8 Å². The minimum Gasteiger partial charge on any atom is -0.479 e. The average Bonchev–Trinajstić information content (AvgIpc) is 2.42. The van der Waals surface area contributed by atoms with Crippen LogP contribution in [-0.2, 0) is 16.1 Å². The molecule has 1 aromatic rings. The highest BCUT2D eigenvalue weighted by Crippen LogP contribution is 2.17. The zero-order valence-electron chi connectivity index (χ0n) is 8.40. The Kier molecular flexibility index (Phi) is 3.60. The second-order valence-electron chi connectivity index (χ2n) is 3.04. The second-order valence-corrected chi connectivity index (χ2v) is 4.33. The van der Waals surface area contributed by atoms with Crippen LogP contribution >= 0.6 is 11.3 Å². The molecule has 14 heavy (non-hydrogen) atoms. The number of nitrogens with zero attached hydrogens (tertiary/aromatic N) is 1. The van der Waals surface area contributed by atoms with Gasteiger partial charge in [0, 0.05) is 4.88 Å². The van der Waals surface area contributed by atoms with E-state index in [4.69, 9.17) is 9.84 Å². The molecule has 0 amide bonds. The van der Waals surface area contributed by atoms with Crippen molar-refractivity contribution in [2.24, 2.45) is 0 Å². The minimum absolute atomic E-state index is 0.271. The molecule has 1 rings (SSSR count). The molecule has 0 spiro atoms. The smallest absolute Gasteiger partial charge is 0.332 e. The maximum Gasteiger partial charge on any atom is 0.332 e. The maximum absolute atomic E-state index is 10.5. The van der Waals surface area contributed by atoms with Crippen molar-refractivity contribution in [2.75, 3.05) is 0 Å². The third-order valence-corrected chi connectivity index (χ3v) is 2.92. The highest BCUT2D eigenvalue weighted by Gasteiger charge is 2.12. The van der Waals surface area contributed by atoms with Crippen LogP contribution in [-0.4, -0.2) is 22.2 Å². The van der Waals surface area contributed by atoms with E-state index in [2.05, 4.69) is 4.98 Å².